The van der Waals surface area contributed by atoms with Crippen LogP contribution in [0, 0.1) is 5.82 Å². The number of benzene rings is 2. The van der Waals surface area contributed by atoms with Crippen LogP contribution in [0.15, 0.2) is 47.5 Å². The normalized spacial score (nSPS) is 20.3. The van der Waals surface area contributed by atoms with Gasteiger partial charge in [-0.25, -0.2) is 4.39 Å². The average molecular weight is 386 g/mol. The zero-order valence-corrected chi connectivity index (χ0v) is 15.9. The number of nitrogens with zero attached hydrogens (tertiary/aromatic N) is 1. The van der Waals surface area contributed by atoms with Crippen molar-refractivity contribution in [2.45, 2.75) is 50.4 Å². The fourth-order valence-electron chi connectivity index (χ4n) is 3.56. The number of hydrogen-bond donors (Lipinski definition) is 1. The summed E-state index contributed by atoms with van der Waals surface area (Å²) in [5, 5.41) is 0.562. The Balaban J connectivity index is 1.51. The van der Waals surface area contributed by atoms with Gasteiger partial charge in [0.2, 0.25) is 6.29 Å². The molecule has 2 N–H and O–H groups in total. The molecule has 4 rings (SSSR count). The van der Waals surface area contributed by atoms with Crippen molar-refractivity contribution >= 4 is 16.9 Å². The van der Waals surface area contributed by atoms with Gasteiger partial charge in [0.25, 0.3) is 0 Å². The lowest BCUT2D eigenvalue weighted by atomic mass is 10.1. The lowest BCUT2D eigenvalue weighted by Gasteiger charge is -2.28. The van der Waals surface area contributed by atoms with E-state index in [0.717, 1.165) is 29.5 Å². The molecule has 142 valence electrons. The Morgan fingerprint density at radius 3 is 2.74 bits per heavy atom. The van der Waals surface area contributed by atoms with Gasteiger partial charge in [-0.05, 0) is 25.0 Å². The largest absolute Gasteiger partial charge is 0.460 e. The number of rotatable bonds is 4. The molecule has 0 amide bonds. The zero-order valence-electron chi connectivity index (χ0n) is 15.1. The molecule has 0 unspecified atom stereocenters. The van der Waals surface area contributed by atoms with Gasteiger partial charge in [-0.3, -0.25) is 4.99 Å². The monoisotopic (exact) mass is 386 g/mol. The first kappa shape index (κ1) is 18.3. The summed E-state index contributed by atoms with van der Waals surface area (Å²) in [6.07, 6.45) is 4.17. The van der Waals surface area contributed by atoms with Crippen molar-refractivity contribution in [1.29, 1.82) is 0 Å². The van der Waals surface area contributed by atoms with Crippen molar-refractivity contribution in [1.82, 2.24) is 0 Å². The van der Waals surface area contributed by atoms with Crippen LogP contribution < -0.4 is 10.5 Å². The van der Waals surface area contributed by atoms with Crippen molar-refractivity contribution in [3.63, 3.8) is 0 Å². The van der Waals surface area contributed by atoms with Gasteiger partial charge in [0, 0.05) is 22.4 Å². The molecule has 0 saturated heterocycles. The highest BCUT2D eigenvalue weighted by molar-refractivity contribution is 8.13. The minimum absolute atomic E-state index is 0.291. The highest BCUT2D eigenvalue weighted by Crippen LogP contribution is 2.38. The van der Waals surface area contributed by atoms with Crippen LogP contribution in [-0.2, 0) is 17.1 Å². The molecule has 2 aliphatic rings. The number of fused-ring (bicyclic) bond motifs is 1. The summed E-state index contributed by atoms with van der Waals surface area (Å²) in [5.74, 6) is 0.919. The molecule has 0 spiro atoms. The number of ether oxygens (including phenoxy) is 2. The average Bonchev–Trinajstić information content (AvgIpc) is 3.19. The Hall–Kier alpha value is -2.05. The van der Waals surface area contributed by atoms with E-state index in [-0.39, 0.29) is 5.82 Å². The molecular formula is C21H23FN2O2S. The summed E-state index contributed by atoms with van der Waals surface area (Å²) in [5.41, 5.74) is 8.53. The maximum absolute atomic E-state index is 14.0. The first-order valence-corrected chi connectivity index (χ1v) is 10.3. The van der Waals surface area contributed by atoms with E-state index in [0.29, 0.717) is 29.3 Å². The molecule has 0 radical (unpaired) electrons. The molecule has 0 bridgehead atoms. The summed E-state index contributed by atoms with van der Waals surface area (Å²) in [6.45, 7) is 0.315. The molecule has 1 aliphatic heterocycles. The van der Waals surface area contributed by atoms with Gasteiger partial charge in [0.05, 0.1) is 12.6 Å². The quantitative estimate of drug-likeness (QED) is 0.598. The van der Waals surface area contributed by atoms with E-state index in [4.69, 9.17) is 15.2 Å². The standard InChI is InChI=1S/C21H23FN2O2S/c22-17-10-15-12-25-20(14-6-2-1-3-7-14)26-19(15)16(11-17)13-27-21(23)24-18-8-4-5-9-18/h1-3,6-7,10-11,18,20H,4-5,8-9,12-13H2,(H2,23,24)/t20-/m0/s1. The maximum Gasteiger partial charge on any atom is 0.227 e. The van der Waals surface area contributed by atoms with E-state index in [9.17, 15) is 4.39 Å². The van der Waals surface area contributed by atoms with Gasteiger partial charge >= 0.3 is 0 Å². The van der Waals surface area contributed by atoms with E-state index < -0.39 is 6.29 Å². The molecule has 2 aromatic rings. The van der Waals surface area contributed by atoms with Crippen LogP contribution in [0.5, 0.6) is 5.75 Å². The van der Waals surface area contributed by atoms with Gasteiger partial charge in [-0.15, -0.1) is 0 Å². The Labute approximate surface area is 163 Å². The maximum atomic E-state index is 14.0. The second-order valence-corrected chi connectivity index (χ2v) is 7.91. The summed E-state index contributed by atoms with van der Waals surface area (Å²) in [7, 11) is 0. The van der Waals surface area contributed by atoms with Crippen LogP contribution in [0.4, 0.5) is 4.39 Å². The van der Waals surface area contributed by atoms with Crippen molar-refractivity contribution in [3.05, 3.63) is 65.0 Å². The van der Waals surface area contributed by atoms with Crippen LogP contribution in [0.3, 0.4) is 0 Å². The first-order chi connectivity index (χ1) is 13.2. The van der Waals surface area contributed by atoms with Crippen LogP contribution >= 0.6 is 11.8 Å². The van der Waals surface area contributed by atoms with Crippen molar-refractivity contribution in [2.75, 3.05) is 0 Å². The highest BCUT2D eigenvalue weighted by atomic mass is 32.2. The first-order valence-electron chi connectivity index (χ1n) is 9.29. The topological polar surface area (TPSA) is 56.8 Å². The number of halogens is 1. The van der Waals surface area contributed by atoms with Crippen LogP contribution in [0.1, 0.15) is 48.7 Å². The molecule has 1 saturated carbocycles. The molecule has 6 heteroatoms. The molecule has 1 heterocycles. The molecule has 2 aromatic carbocycles. The minimum Gasteiger partial charge on any atom is -0.460 e. The third-order valence-corrected chi connectivity index (χ3v) is 5.76. The summed E-state index contributed by atoms with van der Waals surface area (Å²) in [4.78, 5) is 4.59. The van der Waals surface area contributed by atoms with Gasteiger partial charge in [0.15, 0.2) is 5.17 Å². The molecule has 0 aromatic heterocycles. The predicted molar refractivity (Wildman–Crippen MR) is 106 cm³/mol. The number of nitrogens with two attached hydrogens (primary N) is 1. The molecular weight excluding hydrogens is 363 g/mol. The smallest absolute Gasteiger partial charge is 0.227 e. The molecule has 1 fully saturated rings. The van der Waals surface area contributed by atoms with Gasteiger partial charge in [-0.1, -0.05) is 54.9 Å². The van der Waals surface area contributed by atoms with Crippen LogP contribution in [0.2, 0.25) is 0 Å². The van der Waals surface area contributed by atoms with Crippen LogP contribution in [-0.4, -0.2) is 11.2 Å². The number of amidine groups is 1. The molecule has 1 aliphatic carbocycles. The summed E-state index contributed by atoms with van der Waals surface area (Å²) in [6, 6.07) is 13.1. The number of hydrogen-bond acceptors (Lipinski definition) is 4. The lowest BCUT2D eigenvalue weighted by molar-refractivity contribution is -0.112. The van der Waals surface area contributed by atoms with Crippen LogP contribution in [0.25, 0.3) is 0 Å². The fourth-order valence-corrected chi connectivity index (χ4v) is 4.30. The van der Waals surface area contributed by atoms with E-state index in [1.165, 1.54) is 36.7 Å². The second kappa shape index (κ2) is 8.31. The third kappa shape index (κ3) is 4.45. The third-order valence-electron chi connectivity index (χ3n) is 4.90. The SMILES string of the molecule is NC(=NC1CCCC1)SCc1cc(F)cc2c1O[C@@H](c1ccccc1)OC2. The van der Waals surface area contributed by atoms with Gasteiger partial charge in [0.1, 0.15) is 11.6 Å². The Bertz CT molecular complexity index is 822. The Morgan fingerprint density at radius 2 is 1.96 bits per heavy atom. The van der Waals surface area contributed by atoms with Crippen molar-refractivity contribution in [2.24, 2.45) is 10.7 Å². The van der Waals surface area contributed by atoms with E-state index in [2.05, 4.69) is 4.99 Å². The number of aliphatic imine (C=N–C) groups is 1. The Kier molecular flexibility index (Phi) is 5.64. The summed E-state index contributed by atoms with van der Waals surface area (Å²) >= 11 is 1.44. The molecule has 1 atom stereocenters. The molecule has 4 nitrogen and oxygen atoms in total. The van der Waals surface area contributed by atoms with E-state index in [1.807, 2.05) is 30.3 Å². The zero-order chi connectivity index (χ0) is 18.6. The van der Waals surface area contributed by atoms with Gasteiger partial charge < -0.3 is 15.2 Å². The van der Waals surface area contributed by atoms with Crippen molar-refractivity contribution in [3.8, 4) is 5.75 Å². The fraction of sp³-hybridized carbons (Fsp3) is 0.381. The minimum atomic E-state index is -0.489. The van der Waals surface area contributed by atoms with E-state index in [1.54, 1.807) is 0 Å². The highest BCUT2D eigenvalue weighted by Gasteiger charge is 2.25. The number of thioether (sulfide) groups is 1. The summed E-state index contributed by atoms with van der Waals surface area (Å²) < 4.78 is 25.9. The van der Waals surface area contributed by atoms with Gasteiger partial charge in [-0.2, -0.15) is 0 Å². The lowest BCUT2D eigenvalue weighted by Crippen LogP contribution is -2.19. The Morgan fingerprint density at radius 1 is 1.19 bits per heavy atom. The van der Waals surface area contributed by atoms with E-state index >= 15 is 0 Å². The second-order valence-electron chi connectivity index (χ2n) is 6.92. The molecule has 27 heavy (non-hydrogen) atoms. The predicted octanol–water partition coefficient (Wildman–Crippen LogP) is 4.92. The van der Waals surface area contributed by atoms with Crippen molar-refractivity contribution < 1.29 is 13.9 Å².